The van der Waals surface area contributed by atoms with E-state index in [0.29, 0.717) is 11.1 Å². The van der Waals surface area contributed by atoms with Gasteiger partial charge >= 0.3 is 6.18 Å². The Kier molecular flexibility index (Phi) is 4.99. The van der Waals surface area contributed by atoms with Crippen LogP contribution < -0.4 is 5.73 Å². The van der Waals surface area contributed by atoms with Crippen molar-refractivity contribution in [1.82, 2.24) is 0 Å². The predicted molar refractivity (Wildman–Crippen MR) is 97.8 cm³/mol. The Morgan fingerprint density at radius 1 is 1.31 bits per heavy atom. The van der Waals surface area contributed by atoms with E-state index in [2.05, 4.69) is 5.16 Å². The van der Waals surface area contributed by atoms with Crippen molar-refractivity contribution < 1.29 is 27.7 Å². The molecule has 7 nitrogen and oxygen atoms in total. The number of halogens is 4. The molecular weight excluding hydrogens is 415 g/mol. The van der Waals surface area contributed by atoms with Crippen molar-refractivity contribution in [2.45, 2.75) is 25.1 Å². The molecule has 0 radical (unpaired) electrons. The second-order valence-electron chi connectivity index (χ2n) is 6.48. The second kappa shape index (κ2) is 7.03. The maximum absolute atomic E-state index is 14.0. The van der Waals surface area contributed by atoms with Crippen LogP contribution in [0.2, 0.25) is 5.02 Å². The normalized spacial score (nSPS) is 18.9. The van der Waals surface area contributed by atoms with Crippen molar-refractivity contribution in [3.63, 3.8) is 0 Å². The van der Waals surface area contributed by atoms with Gasteiger partial charge < -0.3 is 10.6 Å². The predicted octanol–water partition coefficient (Wildman–Crippen LogP) is 4.24. The molecule has 1 atom stereocenters. The average molecular weight is 428 g/mol. The number of carbonyl (C=O) groups excluding carboxylic acids is 1. The standard InChI is InChI=1S/C18H13ClF3N3O4/c1-9-4-10(2-3-14(9)16(23)26)15-8-17(29-24-15,18(20,21)22)11-5-12(19)7-13(6-11)25(27)28/h2-7H,8H2,1H3,(H2,23,26). The van der Waals surface area contributed by atoms with E-state index < -0.39 is 40.3 Å². The number of rotatable bonds is 4. The fourth-order valence-electron chi connectivity index (χ4n) is 3.09. The van der Waals surface area contributed by atoms with Crippen molar-refractivity contribution >= 4 is 28.9 Å². The van der Waals surface area contributed by atoms with Gasteiger partial charge in [0.05, 0.1) is 10.6 Å². The van der Waals surface area contributed by atoms with Gasteiger partial charge in [-0.25, -0.2) is 0 Å². The fourth-order valence-corrected chi connectivity index (χ4v) is 3.32. The minimum absolute atomic E-state index is 0.0379. The van der Waals surface area contributed by atoms with Crippen LogP contribution >= 0.6 is 11.6 Å². The summed E-state index contributed by atoms with van der Waals surface area (Å²) >= 11 is 5.80. The van der Waals surface area contributed by atoms with Crippen LogP contribution in [0.4, 0.5) is 18.9 Å². The van der Waals surface area contributed by atoms with E-state index >= 15 is 0 Å². The lowest BCUT2D eigenvalue weighted by Gasteiger charge is -2.29. The van der Waals surface area contributed by atoms with Gasteiger partial charge in [-0.05, 0) is 36.2 Å². The lowest BCUT2D eigenvalue weighted by molar-refractivity contribution is -0.385. The van der Waals surface area contributed by atoms with E-state index in [1.807, 2.05) is 0 Å². The van der Waals surface area contributed by atoms with Gasteiger partial charge in [0.1, 0.15) is 0 Å². The number of hydrogen-bond acceptors (Lipinski definition) is 5. The summed E-state index contributed by atoms with van der Waals surface area (Å²) in [6.45, 7) is 1.58. The molecule has 11 heteroatoms. The first-order valence-electron chi connectivity index (χ1n) is 8.12. The number of non-ortho nitro benzene ring substituents is 1. The number of carbonyl (C=O) groups is 1. The highest BCUT2D eigenvalue weighted by Crippen LogP contribution is 2.49. The topological polar surface area (TPSA) is 108 Å². The summed E-state index contributed by atoms with van der Waals surface area (Å²) in [5, 5.41) is 14.4. The zero-order valence-corrected chi connectivity index (χ0v) is 15.5. The molecule has 1 heterocycles. The lowest BCUT2D eigenvalue weighted by Crippen LogP contribution is -2.42. The van der Waals surface area contributed by atoms with Crippen LogP contribution in [0.5, 0.6) is 0 Å². The first kappa shape index (κ1) is 20.6. The minimum atomic E-state index is -4.95. The molecular formula is C18H13ClF3N3O4. The molecule has 152 valence electrons. The highest BCUT2D eigenvalue weighted by atomic mass is 35.5. The number of alkyl halides is 3. The van der Waals surface area contributed by atoms with Gasteiger partial charge in [0.2, 0.25) is 5.91 Å². The molecule has 3 rings (SSSR count). The van der Waals surface area contributed by atoms with E-state index in [1.165, 1.54) is 18.2 Å². The number of primary amides is 1. The summed E-state index contributed by atoms with van der Waals surface area (Å²) in [7, 11) is 0. The van der Waals surface area contributed by atoms with Gasteiger partial charge in [-0.1, -0.05) is 22.8 Å². The first-order chi connectivity index (χ1) is 13.4. The van der Waals surface area contributed by atoms with Crippen LogP contribution in [-0.4, -0.2) is 22.7 Å². The number of aryl methyl sites for hydroxylation is 1. The zero-order chi connectivity index (χ0) is 21.6. The molecule has 0 saturated heterocycles. The number of nitrogens with two attached hydrogens (primary N) is 1. The van der Waals surface area contributed by atoms with Gasteiger partial charge in [-0.2, -0.15) is 13.2 Å². The summed E-state index contributed by atoms with van der Waals surface area (Å²) in [6, 6.07) is 6.92. The molecule has 0 fully saturated rings. The van der Waals surface area contributed by atoms with Crippen LogP contribution in [0, 0.1) is 17.0 Å². The molecule has 0 aromatic heterocycles. The van der Waals surface area contributed by atoms with Crippen LogP contribution in [-0.2, 0) is 10.4 Å². The Hall–Kier alpha value is -3.14. The number of nitro groups is 1. The molecule has 1 unspecified atom stereocenters. The molecule has 0 aliphatic carbocycles. The smallest absolute Gasteiger partial charge is 0.374 e. The number of benzene rings is 2. The molecule has 2 N–H and O–H groups in total. The van der Waals surface area contributed by atoms with Crippen molar-refractivity contribution in [2.24, 2.45) is 10.9 Å². The van der Waals surface area contributed by atoms with Crippen molar-refractivity contribution in [2.75, 3.05) is 0 Å². The lowest BCUT2D eigenvalue weighted by atomic mass is 9.86. The molecule has 0 spiro atoms. The highest BCUT2D eigenvalue weighted by Gasteiger charge is 2.62. The van der Waals surface area contributed by atoms with Crippen molar-refractivity contribution in [3.05, 3.63) is 73.8 Å². The van der Waals surface area contributed by atoms with Crippen LogP contribution in [0.1, 0.15) is 33.5 Å². The summed E-state index contributed by atoms with van der Waals surface area (Å²) in [4.78, 5) is 26.4. The van der Waals surface area contributed by atoms with E-state index in [4.69, 9.17) is 22.2 Å². The van der Waals surface area contributed by atoms with Gasteiger partial charge in [-0.3, -0.25) is 14.9 Å². The van der Waals surface area contributed by atoms with Crippen LogP contribution in [0.15, 0.2) is 41.6 Å². The first-order valence-corrected chi connectivity index (χ1v) is 8.50. The zero-order valence-electron chi connectivity index (χ0n) is 14.8. The van der Waals surface area contributed by atoms with Crippen molar-refractivity contribution in [3.8, 4) is 0 Å². The minimum Gasteiger partial charge on any atom is -0.374 e. The third-order valence-electron chi connectivity index (χ3n) is 4.57. The van der Waals surface area contributed by atoms with E-state index in [0.717, 1.165) is 18.2 Å². The molecule has 1 amide bonds. The fraction of sp³-hybridized carbons (Fsp3) is 0.222. The molecule has 2 aromatic carbocycles. The summed E-state index contributed by atoms with van der Waals surface area (Å²) < 4.78 is 42.1. The number of nitrogens with zero attached hydrogens (tertiary/aromatic N) is 2. The van der Waals surface area contributed by atoms with Gasteiger partial charge in [-0.15, -0.1) is 0 Å². The van der Waals surface area contributed by atoms with E-state index in [-0.39, 0.29) is 16.3 Å². The van der Waals surface area contributed by atoms with Gasteiger partial charge in [0.25, 0.3) is 11.3 Å². The Morgan fingerprint density at radius 2 is 2.00 bits per heavy atom. The van der Waals surface area contributed by atoms with E-state index in [1.54, 1.807) is 6.92 Å². The molecule has 0 bridgehead atoms. The monoisotopic (exact) mass is 427 g/mol. The Bertz CT molecular complexity index is 1060. The summed E-state index contributed by atoms with van der Waals surface area (Å²) in [5.41, 5.74) is 2.11. The molecule has 0 saturated carbocycles. The van der Waals surface area contributed by atoms with E-state index in [9.17, 15) is 28.1 Å². The Labute approximate surface area is 167 Å². The van der Waals surface area contributed by atoms with Crippen LogP contribution in [0.3, 0.4) is 0 Å². The summed E-state index contributed by atoms with van der Waals surface area (Å²) in [5.74, 6) is -0.672. The number of oxime groups is 1. The number of amides is 1. The maximum atomic E-state index is 14.0. The highest BCUT2D eigenvalue weighted by molar-refractivity contribution is 6.30. The largest absolute Gasteiger partial charge is 0.435 e. The third-order valence-corrected chi connectivity index (χ3v) is 4.79. The Balaban J connectivity index is 2.05. The molecule has 1 aliphatic heterocycles. The quantitative estimate of drug-likeness (QED) is 0.581. The molecule has 2 aromatic rings. The van der Waals surface area contributed by atoms with Gasteiger partial charge in [0, 0.05) is 34.7 Å². The number of hydrogen-bond donors (Lipinski definition) is 1. The van der Waals surface area contributed by atoms with Crippen LogP contribution in [0.25, 0.3) is 0 Å². The van der Waals surface area contributed by atoms with Gasteiger partial charge in [0.15, 0.2) is 0 Å². The summed E-state index contributed by atoms with van der Waals surface area (Å²) in [6.07, 6.45) is -5.68. The van der Waals surface area contributed by atoms with Crippen molar-refractivity contribution in [1.29, 1.82) is 0 Å². The molecule has 1 aliphatic rings. The second-order valence-corrected chi connectivity index (χ2v) is 6.92. The third kappa shape index (κ3) is 3.63. The number of nitro benzene ring substituents is 1. The average Bonchev–Trinajstić information content (AvgIpc) is 3.07. The SMILES string of the molecule is Cc1cc(C2=NOC(c3cc(Cl)cc([N+](=O)[O-])c3)(C(F)(F)F)C2)ccc1C(N)=O. The Morgan fingerprint density at radius 3 is 2.55 bits per heavy atom. The maximum Gasteiger partial charge on any atom is 0.435 e. The molecule has 29 heavy (non-hydrogen) atoms.